The molecule has 7 nitrogen and oxygen atoms in total. The Kier molecular flexibility index (Phi) is 4.55. The molecule has 22 heavy (non-hydrogen) atoms. The molecular formula is C15H25N5O2. The summed E-state index contributed by atoms with van der Waals surface area (Å²) in [4.78, 5) is 26.3. The summed E-state index contributed by atoms with van der Waals surface area (Å²) < 4.78 is 1.66. The monoisotopic (exact) mass is 307 g/mol. The maximum atomic E-state index is 12.5. The van der Waals surface area contributed by atoms with Crippen molar-refractivity contribution in [1.82, 2.24) is 25.3 Å². The molecule has 0 radical (unpaired) electrons. The van der Waals surface area contributed by atoms with Crippen molar-refractivity contribution in [3.05, 3.63) is 18.0 Å². The minimum atomic E-state index is -0.465. The van der Waals surface area contributed by atoms with E-state index in [0.29, 0.717) is 13.0 Å². The minimum Gasteiger partial charge on any atom is -0.349 e. The van der Waals surface area contributed by atoms with Crippen molar-refractivity contribution in [3.8, 4) is 0 Å². The van der Waals surface area contributed by atoms with Gasteiger partial charge in [-0.05, 0) is 27.8 Å². The Hall–Kier alpha value is -1.89. The van der Waals surface area contributed by atoms with Crippen molar-refractivity contribution in [2.75, 3.05) is 13.6 Å². The predicted octanol–water partition coefficient (Wildman–Crippen LogP) is 0.196. The van der Waals surface area contributed by atoms with Crippen molar-refractivity contribution in [3.63, 3.8) is 0 Å². The van der Waals surface area contributed by atoms with Gasteiger partial charge in [-0.1, -0.05) is 0 Å². The Morgan fingerprint density at radius 2 is 2.14 bits per heavy atom. The van der Waals surface area contributed by atoms with E-state index in [9.17, 15) is 9.59 Å². The molecule has 1 aliphatic heterocycles. The second-order valence-electron chi connectivity index (χ2n) is 6.75. The fourth-order valence-electron chi connectivity index (χ4n) is 2.78. The Labute approximate surface area is 131 Å². The van der Waals surface area contributed by atoms with Crippen LogP contribution in [0, 0.1) is 0 Å². The van der Waals surface area contributed by atoms with Crippen molar-refractivity contribution in [2.24, 2.45) is 7.05 Å². The molecule has 1 saturated heterocycles. The Morgan fingerprint density at radius 1 is 1.45 bits per heavy atom. The van der Waals surface area contributed by atoms with E-state index in [0.717, 1.165) is 5.56 Å². The van der Waals surface area contributed by atoms with Crippen LogP contribution < -0.4 is 10.6 Å². The molecular weight excluding hydrogens is 282 g/mol. The molecule has 1 aromatic rings. The number of likely N-dealkylation sites (tertiary alicyclic amines) is 1. The highest BCUT2D eigenvalue weighted by molar-refractivity contribution is 5.85. The molecule has 122 valence electrons. The van der Waals surface area contributed by atoms with E-state index in [1.807, 2.05) is 38.9 Å². The number of carbonyl (C=O) groups excluding carboxylic acids is 2. The summed E-state index contributed by atoms with van der Waals surface area (Å²) >= 11 is 0. The predicted molar refractivity (Wildman–Crippen MR) is 83.0 cm³/mol. The van der Waals surface area contributed by atoms with Crippen LogP contribution in [0.3, 0.4) is 0 Å². The highest BCUT2D eigenvalue weighted by Crippen LogP contribution is 2.22. The first-order valence-corrected chi connectivity index (χ1v) is 7.49. The quantitative estimate of drug-likeness (QED) is 0.832. The Bertz CT molecular complexity index is 561. The summed E-state index contributed by atoms with van der Waals surface area (Å²) in [6.45, 7) is 6.56. The summed E-state index contributed by atoms with van der Waals surface area (Å²) in [6.07, 6.45) is 3.83. The molecule has 2 unspecified atom stereocenters. The summed E-state index contributed by atoms with van der Waals surface area (Å²) in [7, 11) is 3.55. The number of likely N-dealkylation sites (N-methyl/N-ethyl adjacent to an activating group) is 1. The van der Waals surface area contributed by atoms with Crippen LogP contribution >= 0.6 is 0 Å². The highest BCUT2D eigenvalue weighted by atomic mass is 16.2. The SMILES string of the molecule is CNC(C(=O)NC1CC(=O)N(C(C)(C)C)C1)c1cnn(C)c1. The first kappa shape index (κ1) is 16.5. The number of amides is 2. The zero-order chi connectivity index (χ0) is 16.5. The summed E-state index contributed by atoms with van der Waals surface area (Å²) in [5, 5.41) is 10.1. The molecule has 7 heteroatoms. The largest absolute Gasteiger partial charge is 0.349 e. The average molecular weight is 307 g/mol. The molecule has 2 amide bonds. The number of nitrogens with zero attached hydrogens (tertiary/aromatic N) is 3. The third-order valence-electron chi connectivity index (χ3n) is 3.89. The van der Waals surface area contributed by atoms with Crippen molar-refractivity contribution in [2.45, 2.75) is 44.8 Å². The molecule has 2 N–H and O–H groups in total. The van der Waals surface area contributed by atoms with Gasteiger partial charge in [0.2, 0.25) is 11.8 Å². The summed E-state index contributed by atoms with van der Waals surface area (Å²) in [5.74, 6) is -0.0516. The number of hydrogen-bond donors (Lipinski definition) is 2. The average Bonchev–Trinajstić information content (AvgIpc) is 2.96. The normalized spacial score (nSPS) is 20.3. The Morgan fingerprint density at radius 3 is 2.59 bits per heavy atom. The number of aryl methyl sites for hydroxylation is 1. The van der Waals surface area contributed by atoms with E-state index in [2.05, 4.69) is 15.7 Å². The first-order valence-electron chi connectivity index (χ1n) is 7.49. The molecule has 0 saturated carbocycles. The number of hydrogen-bond acceptors (Lipinski definition) is 4. The highest BCUT2D eigenvalue weighted by Gasteiger charge is 2.37. The van der Waals surface area contributed by atoms with Crippen molar-refractivity contribution < 1.29 is 9.59 Å². The molecule has 1 fully saturated rings. The number of aromatic nitrogens is 2. The molecule has 0 spiro atoms. The van der Waals surface area contributed by atoms with Crippen LogP contribution in [0.2, 0.25) is 0 Å². The van der Waals surface area contributed by atoms with Crippen LogP contribution in [-0.4, -0.2) is 51.7 Å². The zero-order valence-corrected chi connectivity index (χ0v) is 13.9. The fourth-order valence-corrected chi connectivity index (χ4v) is 2.78. The van der Waals surface area contributed by atoms with Crippen LogP contribution in [0.15, 0.2) is 12.4 Å². The van der Waals surface area contributed by atoms with E-state index in [1.54, 1.807) is 17.9 Å². The third kappa shape index (κ3) is 3.47. The van der Waals surface area contributed by atoms with Gasteiger partial charge < -0.3 is 15.5 Å². The minimum absolute atomic E-state index is 0.0835. The second kappa shape index (κ2) is 6.08. The molecule has 2 atom stereocenters. The summed E-state index contributed by atoms with van der Waals surface area (Å²) in [5.41, 5.74) is 0.585. The van der Waals surface area contributed by atoms with Crippen LogP contribution in [-0.2, 0) is 16.6 Å². The standard InChI is InChI=1S/C15H25N5O2/c1-15(2,3)20-9-11(6-12(20)21)18-14(22)13(16-4)10-7-17-19(5)8-10/h7-8,11,13,16H,6,9H2,1-5H3,(H,18,22). The van der Waals surface area contributed by atoms with Gasteiger partial charge in [0, 0.05) is 37.3 Å². The lowest BCUT2D eigenvalue weighted by Gasteiger charge is -2.32. The van der Waals surface area contributed by atoms with Crippen LogP contribution in [0.1, 0.15) is 38.8 Å². The van der Waals surface area contributed by atoms with Gasteiger partial charge in [0.05, 0.1) is 12.2 Å². The molecule has 2 heterocycles. The van der Waals surface area contributed by atoms with Gasteiger partial charge >= 0.3 is 0 Å². The maximum Gasteiger partial charge on any atom is 0.242 e. The van der Waals surface area contributed by atoms with Crippen LogP contribution in [0.25, 0.3) is 0 Å². The molecule has 0 bridgehead atoms. The zero-order valence-electron chi connectivity index (χ0n) is 13.9. The van der Waals surface area contributed by atoms with Gasteiger partial charge in [-0.3, -0.25) is 14.3 Å². The van der Waals surface area contributed by atoms with Gasteiger partial charge in [0.1, 0.15) is 6.04 Å². The van der Waals surface area contributed by atoms with Gasteiger partial charge in [0.25, 0.3) is 0 Å². The van der Waals surface area contributed by atoms with Gasteiger partial charge in [-0.2, -0.15) is 5.10 Å². The van der Waals surface area contributed by atoms with Gasteiger partial charge in [-0.15, -0.1) is 0 Å². The lowest BCUT2D eigenvalue weighted by atomic mass is 10.1. The fraction of sp³-hybridized carbons (Fsp3) is 0.667. The molecule has 0 aliphatic carbocycles. The Balaban J connectivity index is 2.01. The smallest absolute Gasteiger partial charge is 0.242 e. The number of carbonyl (C=O) groups is 2. The van der Waals surface area contributed by atoms with Gasteiger partial charge in [-0.25, -0.2) is 0 Å². The molecule has 0 aromatic carbocycles. The van der Waals surface area contributed by atoms with E-state index < -0.39 is 6.04 Å². The van der Waals surface area contributed by atoms with E-state index in [4.69, 9.17) is 0 Å². The third-order valence-corrected chi connectivity index (χ3v) is 3.89. The lowest BCUT2D eigenvalue weighted by Crippen LogP contribution is -2.46. The number of nitrogens with one attached hydrogen (secondary N) is 2. The van der Waals surface area contributed by atoms with Crippen molar-refractivity contribution in [1.29, 1.82) is 0 Å². The topological polar surface area (TPSA) is 79.3 Å². The summed E-state index contributed by atoms with van der Waals surface area (Å²) in [6, 6.07) is -0.612. The molecule has 2 rings (SSSR count). The number of rotatable bonds is 4. The second-order valence-corrected chi connectivity index (χ2v) is 6.75. The molecule has 1 aromatic heterocycles. The molecule has 1 aliphatic rings. The lowest BCUT2D eigenvalue weighted by molar-refractivity contribution is -0.131. The van der Waals surface area contributed by atoms with Crippen LogP contribution in [0.5, 0.6) is 0 Å². The van der Waals surface area contributed by atoms with E-state index in [1.165, 1.54) is 0 Å². The maximum absolute atomic E-state index is 12.5. The van der Waals surface area contributed by atoms with Crippen molar-refractivity contribution >= 4 is 11.8 Å². The van der Waals surface area contributed by atoms with Crippen LogP contribution in [0.4, 0.5) is 0 Å². The first-order chi connectivity index (χ1) is 10.2. The van der Waals surface area contributed by atoms with Gasteiger partial charge in [0.15, 0.2) is 0 Å². The van der Waals surface area contributed by atoms with E-state index in [-0.39, 0.29) is 23.4 Å². The van der Waals surface area contributed by atoms with E-state index >= 15 is 0 Å².